The normalized spacial score (nSPS) is 20.7. The van der Waals surface area contributed by atoms with Gasteiger partial charge in [-0.15, -0.1) is 0 Å². The molecule has 3 rings (SSSR count). The summed E-state index contributed by atoms with van der Waals surface area (Å²) in [6.45, 7) is 6.21. The fourth-order valence-corrected chi connectivity index (χ4v) is 4.11. The largest absolute Gasteiger partial charge is 0.352 e. The van der Waals surface area contributed by atoms with E-state index in [1.54, 1.807) is 11.8 Å². The Balaban J connectivity index is 1.74. The fourth-order valence-electron chi connectivity index (χ4n) is 3.03. The molecule has 2 aliphatic rings. The summed E-state index contributed by atoms with van der Waals surface area (Å²) in [6, 6.07) is 1.01. The molecule has 5 heteroatoms. The first-order valence-electron chi connectivity index (χ1n) is 8.08. The van der Waals surface area contributed by atoms with Crippen molar-refractivity contribution in [2.45, 2.75) is 81.8 Å². The number of aryl methyl sites for hydroxylation is 1. The van der Waals surface area contributed by atoms with Gasteiger partial charge in [0.2, 0.25) is 5.91 Å². The van der Waals surface area contributed by atoms with Gasteiger partial charge in [0.1, 0.15) is 0 Å². The van der Waals surface area contributed by atoms with Crippen molar-refractivity contribution >= 4 is 17.7 Å². The Morgan fingerprint density at radius 1 is 1.29 bits per heavy atom. The van der Waals surface area contributed by atoms with E-state index in [1.165, 1.54) is 31.4 Å². The van der Waals surface area contributed by atoms with Gasteiger partial charge in [-0.2, -0.15) is 0 Å². The summed E-state index contributed by atoms with van der Waals surface area (Å²) in [6.07, 6.45) is 7.38. The lowest BCUT2D eigenvalue weighted by Gasteiger charge is -2.18. The summed E-state index contributed by atoms with van der Waals surface area (Å²) in [4.78, 5) is 16.9. The van der Waals surface area contributed by atoms with Crippen molar-refractivity contribution in [3.63, 3.8) is 0 Å². The third-order valence-corrected chi connectivity index (χ3v) is 5.69. The van der Waals surface area contributed by atoms with Gasteiger partial charge in [0.25, 0.3) is 0 Å². The highest BCUT2D eigenvalue weighted by molar-refractivity contribution is 8.00. The molecule has 0 radical (unpaired) electrons. The van der Waals surface area contributed by atoms with Crippen LogP contribution < -0.4 is 5.32 Å². The second-order valence-electron chi connectivity index (χ2n) is 6.42. The molecule has 4 nitrogen and oxygen atoms in total. The lowest BCUT2D eigenvalue weighted by molar-refractivity contribution is -0.120. The molecule has 0 unspecified atom stereocenters. The van der Waals surface area contributed by atoms with E-state index < -0.39 is 0 Å². The molecule has 0 aliphatic heterocycles. The molecule has 0 aromatic carbocycles. The molecule has 1 aromatic rings. The number of thioether (sulfide) groups is 1. The number of hydrogen-bond acceptors (Lipinski definition) is 3. The summed E-state index contributed by atoms with van der Waals surface area (Å²) in [5, 5.41) is 4.03. The van der Waals surface area contributed by atoms with Crippen LogP contribution in [0.2, 0.25) is 0 Å². The fraction of sp³-hybridized carbons (Fsp3) is 0.750. The topological polar surface area (TPSA) is 46.9 Å². The molecular formula is C16H25N3OS. The molecular weight excluding hydrogens is 282 g/mol. The van der Waals surface area contributed by atoms with E-state index >= 15 is 0 Å². The van der Waals surface area contributed by atoms with Crippen LogP contribution in [0.1, 0.15) is 62.9 Å². The Kier molecular flexibility index (Phi) is 4.29. The van der Waals surface area contributed by atoms with E-state index in [4.69, 9.17) is 4.98 Å². The second kappa shape index (κ2) is 6.03. The lowest BCUT2D eigenvalue weighted by atomic mass is 10.2. The number of nitrogens with zero attached hydrogens (tertiary/aromatic N) is 2. The average molecular weight is 307 g/mol. The maximum Gasteiger partial charge on any atom is 0.233 e. The minimum Gasteiger partial charge on any atom is -0.352 e. The highest BCUT2D eigenvalue weighted by Gasteiger charge is 2.28. The number of amides is 1. The zero-order chi connectivity index (χ0) is 15.0. The van der Waals surface area contributed by atoms with Crippen molar-refractivity contribution < 1.29 is 4.79 Å². The van der Waals surface area contributed by atoms with E-state index in [-0.39, 0.29) is 11.2 Å². The van der Waals surface area contributed by atoms with Gasteiger partial charge >= 0.3 is 0 Å². The highest BCUT2D eigenvalue weighted by atomic mass is 32.2. The van der Waals surface area contributed by atoms with Gasteiger partial charge in [0, 0.05) is 17.8 Å². The molecule has 2 saturated carbocycles. The number of aromatic nitrogens is 2. The van der Waals surface area contributed by atoms with Crippen molar-refractivity contribution in [3.05, 3.63) is 11.4 Å². The van der Waals surface area contributed by atoms with Crippen LogP contribution in [0.4, 0.5) is 0 Å². The van der Waals surface area contributed by atoms with Gasteiger partial charge in [-0.05, 0) is 46.5 Å². The molecule has 1 aromatic heterocycles. The van der Waals surface area contributed by atoms with Crippen molar-refractivity contribution in [2.24, 2.45) is 0 Å². The zero-order valence-corrected chi connectivity index (χ0v) is 14.0. The molecule has 1 amide bonds. The van der Waals surface area contributed by atoms with Gasteiger partial charge < -0.3 is 9.88 Å². The predicted molar refractivity (Wildman–Crippen MR) is 85.7 cm³/mol. The maximum absolute atomic E-state index is 12.2. The molecule has 0 saturated heterocycles. The van der Waals surface area contributed by atoms with E-state index in [9.17, 15) is 4.79 Å². The summed E-state index contributed by atoms with van der Waals surface area (Å²) in [5.41, 5.74) is 2.36. The SMILES string of the molecule is Cc1nc(S[C@H](C)C(=O)NC2CC2)n(C2CCCC2)c1C. The zero-order valence-electron chi connectivity index (χ0n) is 13.2. The van der Waals surface area contributed by atoms with Crippen LogP contribution >= 0.6 is 11.8 Å². The van der Waals surface area contributed by atoms with Crippen molar-refractivity contribution in [1.82, 2.24) is 14.9 Å². The number of hydrogen-bond donors (Lipinski definition) is 1. The van der Waals surface area contributed by atoms with Gasteiger partial charge in [0.15, 0.2) is 5.16 Å². The summed E-state index contributed by atoms with van der Waals surface area (Å²) < 4.78 is 2.38. The molecule has 2 fully saturated rings. The van der Waals surface area contributed by atoms with Crippen LogP contribution in [0.25, 0.3) is 0 Å². The minimum atomic E-state index is -0.0769. The Morgan fingerprint density at radius 2 is 1.95 bits per heavy atom. The van der Waals surface area contributed by atoms with Crippen molar-refractivity contribution in [1.29, 1.82) is 0 Å². The number of nitrogens with one attached hydrogen (secondary N) is 1. The number of carbonyl (C=O) groups excluding carboxylic acids is 1. The van der Waals surface area contributed by atoms with Crippen LogP contribution in [-0.4, -0.2) is 26.8 Å². The van der Waals surface area contributed by atoms with Crippen LogP contribution in [0.15, 0.2) is 5.16 Å². The highest BCUT2D eigenvalue weighted by Crippen LogP contribution is 2.36. The molecule has 1 heterocycles. The van der Waals surface area contributed by atoms with Gasteiger partial charge in [-0.25, -0.2) is 4.98 Å². The average Bonchev–Trinajstić information content (AvgIpc) is 3.00. The number of carbonyl (C=O) groups is 1. The van der Waals surface area contributed by atoms with Crippen LogP contribution in [0.3, 0.4) is 0 Å². The number of rotatable bonds is 5. The molecule has 0 bridgehead atoms. The molecule has 116 valence electrons. The van der Waals surface area contributed by atoms with Gasteiger partial charge in [-0.1, -0.05) is 24.6 Å². The Bertz CT molecular complexity index is 530. The third kappa shape index (κ3) is 3.28. The predicted octanol–water partition coefficient (Wildman–Crippen LogP) is 3.37. The molecule has 2 aliphatic carbocycles. The summed E-state index contributed by atoms with van der Waals surface area (Å²) in [7, 11) is 0. The standard InChI is InChI=1S/C16H25N3OS/c1-10-11(2)19(14-6-4-5-7-14)16(17-10)21-12(3)15(20)18-13-8-9-13/h12-14H,4-9H2,1-3H3,(H,18,20)/t12-/m1/s1. The van der Waals surface area contributed by atoms with E-state index in [0.29, 0.717) is 12.1 Å². The lowest BCUT2D eigenvalue weighted by Crippen LogP contribution is -2.32. The first-order valence-corrected chi connectivity index (χ1v) is 8.96. The third-order valence-electron chi connectivity index (χ3n) is 4.62. The van der Waals surface area contributed by atoms with Crippen LogP contribution in [0.5, 0.6) is 0 Å². The summed E-state index contributed by atoms with van der Waals surface area (Å²) in [5.74, 6) is 0.152. The van der Waals surface area contributed by atoms with Gasteiger partial charge in [-0.3, -0.25) is 4.79 Å². The van der Waals surface area contributed by atoms with E-state index in [0.717, 1.165) is 23.7 Å². The summed E-state index contributed by atoms with van der Waals surface area (Å²) >= 11 is 1.61. The van der Waals surface area contributed by atoms with Crippen LogP contribution in [-0.2, 0) is 4.79 Å². The number of imidazole rings is 1. The quantitative estimate of drug-likeness (QED) is 0.848. The molecule has 0 spiro atoms. The Labute approximate surface area is 131 Å². The van der Waals surface area contributed by atoms with Gasteiger partial charge in [0.05, 0.1) is 10.9 Å². The van der Waals surface area contributed by atoms with Crippen molar-refractivity contribution in [2.75, 3.05) is 0 Å². The molecule has 1 N–H and O–H groups in total. The maximum atomic E-state index is 12.2. The smallest absolute Gasteiger partial charge is 0.233 e. The second-order valence-corrected chi connectivity index (χ2v) is 7.72. The Morgan fingerprint density at radius 3 is 2.57 bits per heavy atom. The minimum absolute atomic E-state index is 0.0769. The Hall–Kier alpha value is -0.970. The first-order chi connectivity index (χ1) is 10.1. The van der Waals surface area contributed by atoms with E-state index in [2.05, 4.69) is 23.7 Å². The first kappa shape index (κ1) is 14.9. The molecule has 21 heavy (non-hydrogen) atoms. The van der Waals surface area contributed by atoms with E-state index in [1.807, 2.05) is 6.92 Å². The van der Waals surface area contributed by atoms with Crippen LogP contribution in [0, 0.1) is 13.8 Å². The monoisotopic (exact) mass is 307 g/mol. The van der Waals surface area contributed by atoms with Crippen molar-refractivity contribution in [3.8, 4) is 0 Å². The molecule has 1 atom stereocenters.